The number of hydrogen-bond acceptors (Lipinski definition) is 2. The summed E-state index contributed by atoms with van der Waals surface area (Å²) in [6, 6.07) is -19.2. The minimum Gasteiger partial charge on any atom is -0.456 e. The van der Waals surface area contributed by atoms with E-state index in [4.69, 9.17) is 31.8 Å². The normalized spacial score (nSPS) is 23.3. The van der Waals surface area contributed by atoms with Gasteiger partial charge in [-0.25, -0.2) is 0 Å². The molecule has 0 fully saturated rings. The Bertz CT molecular complexity index is 3390. The Morgan fingerprint density at radius 2 is 1.39 bits per heavy atom. The van der Waals surface area contributed by atoms with E-state index in [1.54, 1.807) is 0 Å². The zero-order chi connectivity index (χ0) is 50.8. The molecule has 6 aromatic carbocycles. The van der Waals surface area contributed by atoms with Gasteiger partial charge in [0.05, 0.1) is 45.5 Å². The van der Waals surface area contributed by atoms with Gasteiger partial charge in [-0.15, -0.1) is 0 Å². The molecule has 0 bridgehead atoms. The monoisotopic (exact) mass is 554 g/mol. The second kappa shape index (κ2) is 8.97. The highest BCUT2D eigenvalue weighted by Gasteiger charge is 2.37. The van der Waals surface area contributed by atoms with Crippen molar-refractivity contribution in [2.45, 2.75) is 19.1 Å². The molecule has 1 aliphatic rings. The maximum atomic E-state index is 9.57. The van der Waals surface area contributed by atoms with Crippen LogP contribution in [0.5, 0.6) is 0 Å². The van der Waals surface area contributed by atoms with Gasteiger partial charge >= 0.3 is 0 Å². The van der Waals surface area contributed by atoms with Gasteiger partial charge in [0, 0.05) is 30.3 Å². The molecule has 0 unspecified atom stereocenters. The van der Waals surface area contributed by atoms with Crippen molar-refractivity contribution in [2.75, 3.05) is 4.90 Å². The van der Waals surface area contributed by atoms with Gasteiger partial charge in [0.25, 0.3) is 0 Å². The number of furan rings is 1. The van der Waals surface area contributed by atoms with E-state index in [-0.39, 0.29) is 0 Å². The Morgan fingerprint density at radius 1 is 0.634 bits per heavy atom. The van der Waals surface area contributed by atoms with E-state index >= 15 is 0 Å². The zero-order valence-electron chi connectivity index (χ0n) is 47.5. The van der Waals surface area contributed by atoms with E-state index in [9.17, 15) is 9.60 Å². The van der Waals surface area contributed by atoms with Gasteiger partial charge in [0.1, 0.15) is 11.2 Å². The molecule has 196 valence electrons. The highest BCUT2D eigenvalue weighted by Crippen LogP contribution is 2.55. The van der Waals surface area contributed by atoms with Crippen LogP contribution in [-0.4, -0.2) is 0 Å². The van der Waals surface area contributed by atoms with Gasteiger partial charge in [-0.1, -0.05) is 116 Å². The van der Waals surface area contributed by atoms with Crippen LogP contribution in [0.15, 0.2) is 143 Å². The highest BCUT2D eigenvalue weighted by atomic mass is 16.3. The summed E-state index contributed by atoms with van der Waals surface area (Å²) in [6.07, 6.45) is 0. The molecule has 2 heteroatoms. The standard InChI is InChI=1S/C39H29NO/c1-39(2)31-16-8-6-14-29(31)37-32(39)17-10-18-33(37)40(28-24-22-27(23-25-28)26-12-4-3-5-13-26)34-19-11-21-36-38(34)30-15-7-9-20-35(30)41-36/h3-25H,1-2H3/i1D3,2D3,3D,4D,5D,6D,7D,8D,9D,10D,12D,13D,14D,15D,16D,18D,19D,20D,21D,22D,23D,24D,25D. The van der Waals surface area contributed by atoms with E-state index in [0.29, 0.717) is 11.0 Å². The Kier molecular flexibility index (Phi) is 1.96. The van der Waals surface area contributed by atoms with Gasteiger partial charge in [-0.3, -0.25) is 0 Å². The highest BCUT2D eigenvalue weighted by molar-refractivity contribution is 6.14. The molecule has 0 saturated heterocycles. The number of nitrogens with zero attached hydrogens (tertiary/aromatic N) is 1. The summed E-state index contributed by atoms with van der Waals surface area (Å²) in [5.74, 6) is 0. The van der Waals surface area contributed by atoms with Crippen LogP contribution in [0.3, 0.4) is 0 Å². The van der Waals surface area contributed by atoms with Crippen LogP contribution in [0.4, 0.5) is 17.1 Å². The molecule has 1 aromatic heterocycles. The average molecular weight is 555 g/mol. The van der Waals surface area contributed by atoms with Crippen molar-refractivity contribution in [3.8, 4) is 22.3 Å². The molecule has 0 amide bonds. The van der Waals surface area contributed by atoms with Crippen LogP contribution in [0.1, 0.15) is 61.8 Å². The third-order valence-corrected chi connectivity index (χ3v) is 6.65. The topological polar surface area (TPSA) is 16.4 Å². The molecule has 0 saturated carbocycles. The Hall–Kier alpha value is -5.08. The first kappa shape index (κ1) is 8.96. The Morgan fingerprint density at radius 3 is 2.24 bits per heavy atom. The van der Waals surface area contributed by atoms with Gasteiger partial charge < -0.3 is 9.32 Å². The van der Waals surface area contributed by atoms with E-state index in [1.165, 1.54) is 0 Å². The first-order valence-electron chi connectivity index (χ1n) is 25.5. The second-order valence-electron chi connectivity index (χ2n) is 8.90. The molecular weight excluding hydrogens is 498 g/mol. The molecule has 0 radical (unpaired) electrons. The Balaban J connectivity index is 1.72. The number of hydrogen-bond donors (Lipinski definition) is 0. The van der Waals surface area contributed by atoms with Crippen LogP contribution in [0.2, 0.25) is 0 Å². The first-order valence-corrected chi connectivity index (χ1v) is 12.0. The van der Waals surface area contributed by atoms with Crippen LogP contribution in [-0.2, 0) is 5.41 Å². The van der Waals surface area contributed by atoms with Crippen molar-refractivity contribution in [3.63, 3.8) is 0 Å². The molecule has 7 aromatic rings. The third kappa shape index (κ3) is 3.57. The predicted octanol–water partition coefficient (Wildman–Crippen LogP) is 11.0. The van der Waals surface area contributed by atoms with E-state index in [0.717, 1.165) is 6.07 Å². The summed E-state index contributed by atoms with van der Waals surface area (Å²) < 4.78 is 245. The average Bonchev–Trinajstić information content (AvgIpc) is 3.81. The SMILES string of the molecule is [2H]c1cc2c(c(N(c3c([2H])c([2H])c(-c4c([2H])c([2H])c([2H])c([2H])c4[2H])c([2H])c3[2H])c3c([2H])cc([2H])c4oc5c([2H])c([2H])c([2H])c([2H])c5c34)c1[2H])-c1c([2H])c([2H])c([2H])c([2H])c1C2(C([2H])([2H])[2H])C([2H])([2H])[2H]. The van der Waals surface area contributed by atoms with Crippen molar-refractivity contribution in [1.82, 2.24) is 0 Å². The predicted molar refractivity (Wildman–Crippen MR) is 171 cm³/mol. The zero-order valence-corrected chi connectivity index (χ0v) is 20.5. The Labute approximate surface area is 278 Å². The smallest absolute Gasteiger partial charge is 0.137 e. The fourth-order valence-corrected chi connectivity index (χ4v) is 4.89. The molecule has 0 spiro atoms. The number of para-hydroxylation sites is 1. The summed E-state index contributed by atoms with van der Waals surface area (Å²) in [7, 11) is 0. The molecule has 0 aliphatic heterocycles. The van der Waals surface area contributed by atoms with Gasteiger partial charge in [0.15, 0.2) is 0 Å². The second-order valence-corrected chi connectivity index (χ2v) is 8.90. The summed E-state index contributed by atoms with van der Waals surface area (Å²) in [5, 5.41) is -1.17. The van der Waals surface area contributed by atoms with Crippen LogP contribution >= 0.6 is 0 Å². The maximum absolute atomic E-state index is 9.57. The summed E-state index contributed by atoms with van der Waals surface area (Å²) in [6.45, 7) is -7.59. The molecule has 0 atom stereocenters. The van der Waals surface area contributed by atoms with Gasteiger partial charge in [-0.05, 0) is 64.1 Å². The summed E-state index contributed by atoms with van der Waals surface area (Å²) in [5.41, 5.74) is -12.9. The molecule has 0 N–H and O–H groups in total. The number of anilines is 3. The maximum Gasteiger partial charge on any atom is 0.137 e. The minimum absolute atomic E-state index is 0.534. The number of fused-ring (bicyclic) bond motifs is 6. The van der Waals surface area contributed by atoms with Crippen LogP contribution in [0, 0.1) is 0 Å². The van der Waals surface area contributed by atoms with Crippen molar-refractivity contribution >= 4 is 39.0 Å². The van der Waals surface area contributed by atoms with E-state index < -0.39 is 218 Å². The van der Waals surface area contributed by atoms with Crippen molar-refractivity contribution in [1.29, 1.82) is 0 Å². The molecule has 2 nitrogen and oxygen atoms in total. The van der Waals surface area contributed by atoms with Gasteiger partial charge in [0.2, 0.25) is 0 Å². The quantitative estimate of drug-likeness (QED) is 0.215. The molecule has 1 heterocycles. The van der Waals surface area contributed by atoms with Crippen LogP contribution < -0.4 is 4.90 Å². The third-order valence-electron chi connectivity index (χ3n) is 6.65. The largest absolute Gasteiger partial charge is 0.456 e. The van der Waals surface area contributed by atoms with E-state index in [1.807, 2.05) is 0 Å². The fourth-order valence-electron chi connectivity index (χ4n) is 4.89. The van der Waals surface area contributed by atoms with Crippen molar-refractivity contribution in [3.05, 3.63) is 150 Å². The lowest BCUT2D eigenvalue weighted by Gasteiger charge is -2.29. The van der Waals surface area contributed by atoms with Gasteiger partial charge in [-0.2, -0.15) is 0 Å². The summed E-state index contributed by atoms with van der Waals surface area (Å²) in [4.78, 5) is 0.534. The molecule has 1 aliphatic carbocycles. The number of rotatable bonds is 4. The lowest BCUT2D eigenvalue weighted by atomic mass is 9.82. The van der Waals surface area contributed by atoms with E-state index in [2.05, 4.69) is 0 Å². The lowest BCUT2D eigenvalue weighted by Crippen LogP contribution is -2.16. The molecule has 8 rings (SSSR count). The lowest BCUT2D eigenvalue weighted by molar-refractivity contribution is 0.660. The van der Waals surface area contributed by atoms with Crippen LogP contribution in [0.25, 0.3) is 44.2 Å². The number of benzene rings is 6. The van der Waals surface area contributed by atoms with Crippen molar-refractivity contribution in [2.24, 2.45) is 0 Å². The summed E-state index contributed by atoms with van der Waals surface area (Å²) >= 11 is 0. The van der Waals surface area contributed by atoms with Crippen molar-refractivity contribution < 1.29 is 41.4 Å². The fraction of sp³-hybridized carbons (Fsp3) is 0.0769. The minimum atomic E-state index is -3.80. The first-order chi connectivity index (χ1) is 31.3. The molecular formula is C39H29NO. The molecule has 41 heavy (non-hydrogen) atoms.